The number of amides is 1. The van der Waals surface area contributed by atoms with Crippen LogP contribution >= 0.6 is 11.6 Å². The summed E-state index contributed by atoms with van der Waals surface area (Å²) in [7, 11) is 0. The molecule has 0 bridgehead atoms. The molecule has 0 aromatic heterocycles. The minimum absolute atomic E-state index is 0.0606. The van der Waals surface area contributed by atoms with Gasteiger partial charge in [-0.25, -0.2) is 4.79 Å². The first kappa shape index (κ1) is 28.4. The lowest BCUT2D eigenvalue weighted by Crippen LogP contribution is -2.68. The molecule has 0 saturated carbocycles. The molecule has 3 heterocycles. The number of nitrogens with zero attached hydrogens (tertiary/aromatic N) is 1. The molecule has 40 heavy (non-hydrogen) atoms. The number of ether oxygens (including phenoxy) is 3. The van der Waals surface area contributed by atoms with E-state index in [2.05, 4.69) is 26.1 Å². The highest BCUT2D eigenvalue weighted by Crippen LogP contribution is 2.54. The van der Waals surface area contributed by atoms with E-state index in [9.17, 15) is 19.5 Å². The number of hydrogen-bond donors (Lipinski definition) is 2. The van der Waals surface area contributed by atoms with Gasteiger partial charge in [0, 0.05) is 28.6 Å². The van der Waals surface area contributed by atoms with Crippen molar-refractivity contribution in [3.8, 4) is 11.5 Å². The number of anilines is 1. The van der Waals surface area contributed by atoms with Gasteiger partial charge in [0.15, 0.2) is 17.0 Å². The molecule has 2 aromatic carbocycles. The Balaban J connectivity index is 1.74. The molecule has 2 unspecified atom stereocenters. The van der Waals surface area contributed by atoms with Gasteiger partial charge in [-0.3, -0.25) is 14.5 Å². The van der Waals surface area contributed by atoms with Gasteiger partial charge in [0.05, 0.1) is 17.7 Å². The van der Waals surface area contributed by atoms with Gasteiger partial charge in [-0.05, 0) is 49.6 Å². The average Bonchev–Trinajstić information content (AvgIpc) is 3.04. The number of hydrogen-bond acceptors (Lipinski definition) is 7. The van der Waals surface area contributed by atoms with Crippen molar-refractivity contribution in [1.82, 2.24) is 5.32 Å². The molecule has 3 aliphatic rings. The number of nitrogens with one attached hydrogen (secondary N) is 1. The van der Waals surface area contributed by atoms with Gasteiger partial charge in [-0.2, -0.15) is 0 Å². The number of benzene rings is 2. The number of para-hydroxylation sites is 1. The van der Waals surface area contributed by atoms with E-state index in [0.717, 1.165) is 5.56 Å². The quantitative estimate of drug-likeness (QED) is 0.545. The number of Topliss-reactive ketones (excluding diaryl/α,β-unsaturated/α-hetero) is 1. The molecule has 0 aliphatic carbocycles. The summed E-state index contributed by atoms with van der Waals surface area (Å²) in [6.45, 7) is 8.58. The number of carbonyl (C=O) groups excluding carboxylic acids is 2. The van der Waals surface area contributed by atoms with Crippen LogP contribution in [-0.4, -0.2) is 61.2 Å². The highest BCUT2D eigenvalue weighted by atomic mass is 35.5. The van der Waals surface area contributed by atoms with E-state index >= 15 is 0 Å². The average molecular weight is 571 g/mol. The fourth-order valence-electron chi connectivity index (χ4n) is 6.51. The van der Waals surface area contributed by atoms with Crippen LogP contribution in [0.5, 0.6) is 11.5 Å². The lowest BCUT2D eigenvalue weighted by Gasteiger charge is -2.47. The van der Waals surface area contributed by atoms with E-state index in [1.54, 1.807) is 18.2 Å². The fourth-order valence-corrected chi connectivity index (χ4v) is 6.69. The second-order valence-electron chi connectivity index (χ2n) is 11.7. The summed E-state index contributed by atoms with van der Waals surface area (Å²) in [6.07, 6.45) is -0.631. The van der Waals surface area contributed by atoms with Crippen LogP contribution in [-0.2, 0) is 19.1 Å². The van der Waals surface area contributed by atoms with Crippen molar-refractivity contribution in [2.24, 2.45) is 11.3 Å². The largest absolute Gasteiger partial charge is 0.486 e. The van der Waals surface area contributed by atoms with E-state index in [0.29, 0.717) is 47.5 Å². The van der Waals surface area contributed by atoms with Gasteiger partial charge in [-0.15, -0.1) is 0 Å². The van der Waals surface area contributed by atoms with Gasteiger partial charge in [-0.1, -0.05) is 44.5 Å². The molecule has 4 atom stereocenters. The first-order valence-electron chi connectivity index (χ1n) is 13.5. The Morgan fingerprint density at radius 1 is 1.18 bits per heavy atom. The number of ketones is 1. The summed E-state index contributed by atoms with van der Waals surface area (Å²) in [5.41, 5.74) is -0.370. The molecular weight excluding hydrogens is 536 g/mol. The number of rotatable bonds is 5. The minimum Gasteiger partial charge on any atom is -0.486 e. The maximum Gasteiger partial charge on any atom is 0.330 e. The van der Waals surface area contributed by atoms with Crippen LogP contribution in [0.4, 0.5) is 5.69 Å². The maximum absolute atomic E-state index is 14.0. The second-order valence-corrected chi connectivity index (χ2v) is 12.2. The molecule has 0 radical (unpaired) electrons. The van der Waals surface area contributed by atoms with Gasteiger partial charge in [0.25, 0.3) is 5.91 Å². The molecule has 0 spiro atoms. The van der Waals surface area contributed by atoms with E-state index in [-0.39, 0.29) is 31.3 Å². The van der Waals surface area contributed by atoms with Gasteiger partial charge in [0.2, 0.25) is 0 Å². The van der Waals surface area contributed by atoms with Gasteiger partial charge < -0.3 is 24.6 Å². The lowest BCUT2D eigenvalue weighted by molar-refractivity contribution is -0.152. The topological polar surface area (TPSA) is 114 Å². The van der Waals surface area contributed by atoms with Crippen molar-refractivity contribution in [3.63, 3.8) is 0 Å². The third-order valence-corrected chi connectivity index (χ3v) is 8.44. The van der Waals surface area contributed by atoms with Crippen LogP contribution < -0.4 is 19.7 Å². The van der Waals surface area contributed by atoms with E-state index in [1.807, 2.05) is 18.2 Å². The zero-order valence-electron chi connectivity index (χ0n) is 23.2. The third kappa shape index (κ3) is 4.74. The Kier molecular flexibility index (Phi) is 7.58. The number of piperidine rings is 1. The molecule has 2 aromatic rings. The molecule has 1 amide bonds. The molecule has 1 fully saturated rings. The van der Waals surface area contributed by atoms with Crippen molar-refractivity contribution in [2.75, 3.05) is 37.8 Å². The smallest absolute Gasteiger partial charge is 0.330 e. The second kappa shape index (κ2) is 10.7. The van der Waals surface area contributed by atoms with Gasteiger partial charge in [0.1, 0.15) is 25.6 Å². The Hall–Kier alpha value is -3.14. The number of halogens is 1. The van der Waals surface area contributed by atoms with Crippen molar-refractivity contribution >= 4 is 34.9 Å². The highest BCUT2D eigenvalue weighted by molar-refractivity contribution is 6.30. The van der Waals surface area contributed by atoms with Crippen molar-refractivity contribution in [3.05, 3.63) is 52.5 Å². The van der Waals surface area contributed by atoms with Crippen LogP contribution in [0.1, 0.15) is 57.3 Å². The number of carboxylic acids is 1. The van der Waals surface area contributed by atoms with E-state index in [4.69, 9.17) is 25.8 Å². The van der Waals surface area contributed by atoms with Crippen LogP contribution in [0.3, 0.4) is 0 Å². The Labute approximate surface area is 238 Å². The van der Waals surface area contributed by atoms with Crippen LogP contribution in [0.2, 0.25) is 5.02 Å². The molecule has 3 aliphatic heterocycles. The monoisotopic (exact) mass is 570 g/mol. The predicted octanol–water partition coefficient (Wildman–Crippen LogP) is 4.37. The number of fused-ring (bicyclic) bond motifs is 2. The predicted molar refractivity (Wildman–Crippen MR) is 149 cm³/mol. The van der Waals surface area contributed by atoms with Crippen molar-refractivity contribution in [1.29, 1.82) is 0 Å². The molecule has 5 rings (SSSR count). The van der Waals surface area contributed by atoms with Gasteiger partial charge >= 0.3 is 5.97 Å². The number of carboxylic acid groups (broad SMARTS) is 1. The first-order valence-corrected chi connectivity index (χ1v) is 13.9. The molecular formula is C30H35ClN2O7. The highest BCUT2D eigenvalue weighted by Gasteiger charge is 2.57. The minimum atomic E-state index is -1.78. The Morgan fingerprint density at radius 3 is 2.62 bits per heavy atom. The van der Waals surface area contributed by atoms with Crippen LogP contribution in [0.15, 0.2) is 36.4 Å². The molecule has 2 N–H and O–H groups in total. The maximum atomic E-state index is 14.0. The van der Waals surface area contributed by atoms with E-state index in [1.165, 1.54) is 11.8 Å². The fraction of sp³-hybridized carbons (Fsp3) is 0.500. The van der Waals surface area contributed by atoms with Crippen molar-refractivity contribution < 1.29 is 33.7 Å². The van der Waals surface area contributed by atoms with E-state index < -0.39 is 34.9 Å². The summed E-state index contributed by atoms with van der Waals surface area (Å²) >= 11 is 6.54. The summed E-state index contributed by atoms with van der Waals surface area (Å²) in [5.74, 6) is -2.08. The first-order chi connectivity index (χ1) is 19.0. The molecule has 214 valence electrons. The normalized spacial score (nSPS) is 25.5. The molecule has 1 saturated heterocycles. The number of carbonyl (C=O) groups is 3. The van der Waals surface area contributed by atoms with Crippen LogP contribution in [0.25, 0.3) is 0 Å². The van der Waals surface area contributed by atoms with Crippen LogP contribution in [0, 0.1) is 11.3 Å². The molecule has 10 heteroatoms. The molecule has 9 nitrogen and oxygen atoms in total. The zero-order chi connectivity index (χ0) is 28.8. The summed E-state index contributed by atoms with van der Waals surface area (Å²) in [6, 6.07) is 10.8. The third-order valence-electron chi connectivity index (χ3n) is 8.21. The number of aliphatic carboxylic acids is 1. The standard InChI is InChI=1S/C30H35ClN2O7/c1-17(34)21-15-32-11-10-30(21,28(36)37)33-22-9-8-18(31)14-20(22)27(40-16-24(33)35)25(29(2,3)4)19-6-5-7-23-26(19)39-13-12-38-23/h5-9,14,21,25,27,32H,10-13,15-16H2,1-4H3,(H,36,37)/t21-,25?,27?,30+/m1/s1. The zero-order valence-corrected chi connectivity index (χ0v) is 23.9. The summed E-state index contributed by atoms with van der Waals surface area (Å²) in [4.78, 5) is 41.2. The Bertz CT molecular complexity index is 1340. The summed E-state index contributed by atoms with van der Waals surface area (Å²) < 4.78 is 18.4. The SMILES string of the molecule is CC(=O)[C@H]1CNCC[C@]1(C(=O)O)N1C(=O)COC(C(c2cccc3c2OCCO3)C(C)(C)C)c2cc(Cl)ccc21. The Morgan fingerprint density at radius 2 is 1.93 bits per heavy atom. The summed E-state index contributed by atoms with van der Waals surface area (Å²) in [5, 5.41) is 14.2. The van der Waals surface area contributed by atoms with Crippen molar-refractivity contribution in [2.45, 2.75) is 51.7 Å². The lowest BCUT2D eigenvalue weighted by atomic mass is 9.70.